The largest absolute Gasteiger partial charge is 0.360 e. The lowest BCUT2D eigenvalue weighted by molar-refractivity contribution is -0.133. The summed E-state index contributed by atoms with van der Waals surface area (Å²) in [5.74, 6) is -3.86. The number of nitrogens with zero attached hydrogens (tertiary/aromatic N) is 1. The van der Waals surface area contributed by atoms with Crippen molar-refractivity contribution in [2.24, 2.45) is 0 Å². The maximum Gasteiger partial charge on any atom is 0.315 e. The zero-order valence-electron chi connectivity index (χ0n) is 10.2. The topological polar surface area (TPSA) is 84.2 Å². The Morgan fingerprint density at radius 2 is 1.75 bits per heavy atom. The molecule has 104 valence electrons. The minimum Gasteiger partial charge on any atom is -0.360 e. The third kappa shape index (κ3) is 2.97. The molecule has 0 fully saturated rings. The zero-order valence-corrected chi connectivity index (χ0v) is 10.2. The molecule has 2 N–H and O–H groups in total. The fraction of sp³-hybridized carbons (Fsp3) is 0.0833. The van der Waals surface area contributed by atoms with Crippen molar-refractivity contribution in [3.63, 3.8) is 0 Å². The summed E-state index contributed by atoms with van der Waals surface area (Å²) in [7, 11) is 0. The third-order valence-electron chi connectivity index (χ3n) is 2.28. The normalized spacial score (nSPS) is 10.2. The average Bonchev–Trinajstić information content (AvgIpc) is 2.79. The highest BCUT2D eigenvalue weighted by Gasteiger charge is 2.19. The van der Waals surface area contributed by atoms with Gasteiger partial charge in [-0.25, -0.2) is 8.78 Å². The molecule has 2 amide bonds. The minimum atomic E-state index is -1.23. The van der Waals surface area contributed by atoms with Crippen molar-refractivity contribution in [2.45, 2.75) is 6.92 Å². The molecule has 6 nitrogen and oxygen atoms in total. The molecule has 20 heavy (non-hydrogen) atoms. The van der Waals surface area contributed by atoms with E-state index in [0.29, 0.717) is 5.76 Å². The number of aromatic nitrogens is 1. The van der Waals surface area contributed by atoms with Gasteiger partial charge < -0.3 is 9.84 Å². The first-order valence-corrected chi connectivity index (χ1v) is 5.47. The number of carbonyl (C=O) groups is 2. The van der Waals surface area contributed by atoms with Crippen LogP contribution in [-0.4, -0.2) is 17.0 Å². The predicted octanol–water partition coefficient (Wildman–Crippen LogP) is 1.84. The second-order valence-corrected chi connectivity index (χ2v) is 3.83. The van der Waals surface area contributed by atoms with E-state index in [9.17, 15) is 18.4 Å². The number of para-hydroxylation sites is 1. The standard InChI is InChI=1S/C12H9F2N3O3/c1-6-5-9(17-20-6)15-11(18)12(19)16-10-7(13)3-2-4-8(10)14/h2-5H,1H3,(H,16,19)(H,15,17,18). The van der Waals surface area contributed by atoms with E-state index in [1.54, 1.807) is 6.92 Å². The fourth-order valence-corrected chi connectivity index (χ4v) is 1.39. The van der Waals surface area contributed by atoms with Crippen molar-refractivity contribution in [3.8, 4) is 0 Å². The van der Waals surface area contributed by atoms with Gasteiger partial charge in [0.2, 0.25) is 0 Å². The van der Waals surface area contributed by atoms with Crippen LogP contribution < -0.4 is 10.6 Å². The summed E-state index contributed by atoms with van der Waals surface area (Å²) in [6.45, 7) is 1.59. The molecular formula is C12H9F2N3O3. The van der Waals surface area contributed by atoms with Gasteiger partial charge in [0, 0.05) is 6.07 Å². The zero-order chi connectivity index (χ0) is 14.7. The van der Waals surface area contributed by atoms with Gasteiger partial charge in [-0.3, -0.25) is 14.9 Å². The molecule has 0 spiro atoms. The van der Waals surface area contributed by atoms with E-state index in [2.05, 4.69) is 15.0 Å². The van der Waals surface area contributed by atoms with Crippen LogP contribution in [0.2, 0.25) is 0 Å². The molecular weight excluding hydrogens is 272 g/mol. The summed E-state index contributed by atoms with van der Waals surface area (Å²) in [6, 6.07) is 4.43. The molecule has 0 bridgehead atoms. The quantitative estimate of drug-likeness (QED) is 0.823. The van der Waals surface area contributed by atoms with E-state index in [1.165, 1.54) is 6.07 Å². The van der Waals surface area contributed by atoms with Crippen LogP contribution >= 0.6 is 0 Å². The van der Waals surface area contributed by atoms with Gasteiger partial charge in [0.05, 0.1) is 0 Å². The molecule has 1 aromatic carbocycles. The monoisotopic (exact) mass is 281 g/mol. The van der Waals surface area contributed by atoms with Crippen LogP contribution in [0.4, 0.5) is 20.3 Å². The number of amides is 2. The Bertz CT molecular complexity index is 649. The van der Waals surface area contributed by atoms with Crippen molar-refractivity contribution in [1.82, 2.24) is 5.16 Å². The number of carbonyl (C=O) groups excluding carboxylic acids is 2. The van der Waals surface area contributed by atoms with Gasteiger partial charge in [0.1, 0.15) is 23.1 Å². The van der Waals surface area contributed by atoms with Gasteiger partial charge in [-0.05, 0) is 19.1 Å². The number of benzene rings is 1. The summed E-state index contributed by atoms with van der Waals surface area (Å²) in [4.78, 5) is 23.0. The van der Waals surface area contributed by atoms with E-state index in [1.807, 2.05) is 5.32 Å². The number of halogens is 2. The van der Waals surface area contributed by atoms with Crippen molar-refractivity contribution < 1.29 is 22.9 Å². The van der Waals surface area contributed by atoms with Gasteiger partial charge in [-0.1, -0.05) is 11.2 Å². The van der Waals surface area contributed by atoms with Crippen molar-refractivity contribution in [2.75, 3.05) is 10.6 Å². The molecule has 8 heteroatoms. The molecule has 0 saturated carbocycles. The van der Waals surface area contributed by atoms with Gasteiger partial charge in [0.25, 0.3) is 0 Å². The van der Waals surface area contributed by atoms with Crippen LogP contribution in [-0.2, 0) is 9.59 Å². The van der Waals surface area contributed by atoms with E-state index >= 15 is 0 Å². The summed E-state index contributed by atoms with van der Waals surface area (Å²) >= 11 is 0. The molecule has 0 unspecified atom stereocenters. The van der Waals surface area contributed by atoms with Crippen molar-refractivity contribution >= 4 is 23.3 Å². The molecule has 0 radical (unpaired) electrons. The number of rotatable bonds is 2. The van der Waals surface area contributed by atoms with Crippen LogP contribution in [0.1, 0.15) is 5.76 Å². The molecule has 1 heterocycles. The summed E-state index contributed by atoms with van der Waals surface area (Å²) in [5.41, 5.74) is -0.691. The fourth-order valence-electron chi connectivity index (χ4n) is 1.39. The van der Waals surface area contributed by atoms with Gasteiger partial charge in [-0.15, -0.1) is 0 Å². The molecule has 0 atom stereocenters. The molecule has 2 rings (SSSR count). The van der Waals surface area contributed by atoms with Gasteiger partial charge in [0.15, 0.2) is 5.82 Å². The highest BCUT2D eigenvalue weighted by molar-refractivity contribution is 6.43. The SMILES string of the molecule is Cc1cc(NC(=O)C(=O)Nc2c(F)cccc2F)no1. The van der Waals surface area contributed by atoms with E-state index in [0.717, 1.165) is 18.2 Å². The average molecular weight is 281 g/mol. The Balaban J connectivity index is 2.06. The molecule has 2 aromatic rings. The smallest absolute Gasteiger partial charge is 0.315 e. The summed E-state index contributed by atoms with van der Waals surface area (Å²) < 4.78 is 31.3. The van der Waals surface area contributed by atoms with Crippen molar-refractivity contribution in [1.29, 1.82) is 0 Å². The maximum atomic E-state index is 13.3. The van der Waals surface area contributed by atoms with Crippen molar-refractivity contribution in [3.05, 3.63) is 41.7 Å². The van der Waals surface area contributed by atoms with E-state index in [-0.39, 0.29) is 5.82 Å². The third-order valence-corrected chi connectivity index (χ3v) is 2.28. The Kier molecular flexibility index (Phi) is 3.74. The predicted molar refractivity (Wildman–Crippen MR) is 64.9 cm³/mol. The molecule has 0 saturated heterocycles. The highest BCUT2D eigenvalue weighted by atomic mass is 19.1. The number of hydrogen-bond acceptors (Lipinski definition) is 4. The van der Waals surface area contributed by atoms with Gasteiger partial charge in [-0.2, -0.15) is 0 Å². The number of aryl methyl sites for hydroxylation is 1. The maximum absolute atomic E-state index is 13.3. The minimum absolute atomic E-state index is 0.0247. The van der Waals surface area contributed by atoms with Gasteiger partial charge >= 0.3 is 11.8 Å². The number of anilines is 2. The lowest BCUT2D eigenvalue weighted by Crippen LogP contribution is -2.29. The van der Waals surface area contributed by atoms with Crippen LogP contribution in [0.5, 0.6) is 0 Å². The molecule has 0 aliphatic heterocycles. The lowest BCUT2D eigenvalue weighted by atomic mass is 10.3. The van der Waals surface area contributed by atoms with Crippen LogP contribution in [0.25, 0.3) is 0 Å². The Morgan fingerprint density at radius 3 is 2.30 bits per heavy atom. The Labute approximate surface area is 111 Å². The summed E-state index contributed by atoms with van der Waals surface area (Å²) in [5, 5.41) is 7.41. The molecule has 1 aromatic heterocycles. The van der Waals surface area contributed by atoms with Crippen LogP contribution in [0, 0.1) is 18.6 Å². The van der Waals surface area contributed by atoms with Crippen LogP contribution in [0.15, 0.2) is 28.8 Å². The van der Waals surface area contributed by atoms with E-state index < -0.39 is 29.1 Å². The second kappa shape index (κ2) is 5.47. The Hall–Kier alpha value is -2.77. The second-order valence-electron chi connectivity index (χ2n) is 3.83. The van der Waals surface area contributed by atoms with Crippen LogP contribution in [0.3, 0.4) is 0 Å². The number of hydrogen-bond donors (Lipinski definition) is 2. The first-order valence-electron chi connectivity index (χ1n) is 5.47. The number of nitrogens with one attached hydrogen (secondary N) is 2. The molecule has 0 aliphatic rings. The highest BCUT2D eigenvalue weighted by Crippen LogP contribution is 2.17. The summed E-state index contributed by atoms with van der Waals surface area (Å²) in [6.07, 6.45) is 0. The first kappa shape index (κ1) is 13.7. The molecule has 0 aliphatic carbocycles. The lowest BCUT2D eigenvalue weighted by Gasteiger charge is -2.06. The van der Waals surface area contributed by atoms with E-state index in [4.69, 9.17) is 0 Å². The Morgan fingerprint density at radius 1 is 1.15 bits per heavy atom. The first-order chi connectivity index (χ1) is 9.47.